The molecule has 33 heavy (non-hydrogen) atoms. The molecule has 0 aliphatic carbocycles. The summed E-state index contributed by atoms with van der Waals surface area (Å²) in [6.45, 7) is 1.00. The molecule has 4 aromatic rings. The lowest BCUT2D eigenvalue weighted by Gasteiger charge is -2.13. The minimum absolute atomic E-state index is 0.0889. The highest BCUT2D eigenvalue weighted by Gasteiger charge is 2.16. The van der Waals surface area contributed by atoms with Crippen LogP contribution < -0.4 is 15.2 Å². The molecule has 0 heterocycles. The lowest BCUT2D eigenvalue weighted by atomic mass is 9.98. The summed E-state index contributed by atoms with van der Waals surface area (Å²) in [5, 5.41) is 0. The summed E-state index contributed by atoms with van der Waals surface area (Å²) in [6.07, 6.45) is 0.462. The number of rotatable bonds is 10. The minimum Gasteiger partial charge on any atom is -0.489 e. The molecule has 0 aliphatic heterocycles. The Morgan fingerprint density at radius 1 is 0.606 bits per heavy atom. The molecule has 0 saturated carbocycles. The normalized spacial score (nSPS) is 11.5. The van der Waals surface area contributed by atoms with Gasteiger partial charge in [-0.2, -0.15) is 0 Å². The standard InChI is InChI=1S/C29H27NO3/c30-28(19-22-11-15-26(16-12-22)32-20-23-7-3-1-4-8-23)29(31)25-13-17-27(18-14-25)33-21-24-9-5-2-6-10-24/h1-18,28H,19-21,30H2. The topological polar surface area (TPSA) is 61.5 Å². The Bertz CT molecular complexity index is 1140. The molecule has 0 saturated heterocycles. The number of hydrogen-bond donors (Lipinski definition) is 1. The maximum atomic E-state index is 12.8. The average Bonchev–Trinajstić information content (AvgIpc) is 2.88. The zero-order valence-electron chi connectivity index (χ0n) is 18.4. The van der Waals surface area contributed by atoms with E-state index in [-0.39, 0.29) is 5.78 Å². The molecule has 0 radical (unpaired) electrons. The molecule has 4 nitrogen and oxygen atoms in total. The van der Waals surface area contributed by atoms with Crippen LogP contribution >= 0.6 is 0 Å². The molecule has 166 valence electrons. The van der Waals surface area contributed by atoms with E-state index < -0.39 is 6.04 Å². The summed E-state index contributed by atoms with van der Waals surface area (Å²) in [5.41, 5.74) is 10.00. The van der Waals surface area contributed by atoms with Gasteiger partial charge in [0.05, 0.1) is 6.04 Å². The van der Waals surface area contributed by atoms with Crippen LogP contribution in [0.4, 0.5) is 0 Å². The summed E-state index contributed by atoms with van der Waals surface area (Å²) in [4.78, 5) is 12.8. The van der Waals surface area contributed by atoms with Gasteiger partial charge in [-0.3, -0.25) is 4.79 Å². The molecule has 0 aliphatic rings. The first-order chi connectivity index (χ1) is 16.2. The third-order valence-corrected chi connectivity index (χ3v) is 5.35. The Balaban J connectivity index is 1.28. The second kappa shape index (κ2) is 11.1. The molecular weight excluding hydrogens is 410 g/mol. The number of ketones is 1. The van der Waals surface area contributed by atoms with Gasteiger partial charge in [0.2, 0.25) is 0 Å². The zero-order valence-corrected chi connectivity index (χ0v) is 18.4. The van der Waals surface area contributed by atoms with Gasteiger partial charge < -0.3 is 15.2 Å². The SMILES string of the molecule is NC(Cc1ccc(OCc2ccccc2)cc1)C(=O)c1ccc(OCc2ccccc2)cc1. The van der Waals surface area contributed by atoms with Crippen LogP contribution in [0.3, 0.4) is 0 Å². The summed E-state index contributed by atoms with van der Waals surface area (Å²) < 4.78 is 11.6. The van der Waals surface area contributed by atoms with Gasteiger partial charge >= 0.3 is 0 Å². The lowest BCUT2D eigenvalue weighted by Crippen LogP contribution is -2.32. The van der Waals surface area contributed by atoms with E-state index in [4.69, 9.17) is 15.2 Å². The average molecular weight is 438 g/mol. The number of ether oxygens (including phenoxy) is 2. The molecule has 2 N–H and O–H groups in total. The lowest BCUT2D eigenvalue weighted by molar-refractivity contribution is 0.0961. The first-order valence-corrected chi connectivity index (χ1v) is 11.0. The molecule has 0 aromatic heterocycles. The monoisotopic (exact) mass is 437 g/mol. The van der Waals surface area contributed by atoms with E-state index in [0.717, 1.165) is 28.2 Å². The van der Waals surface area contributed by atoms with Gasteiger partial charge in [0, 0.05) is 5.56 Å². The highest BCUT2D eigenvalue weighted by atomic mass is 16.5. The Morgan fingerprint density at radius 2 is 1.06 bits per heavy atom. The smallest absolute Gasteiger partial charge is 0.179 e. The van der Waals surface area contributed by atoms with Crippen LogP contribution in [0.15, 0.2) is 109 Å². The fraction of sp³-hybridized carbons (Fsp3) is 0.138. The highest BCUT2D eigenvalue weighted by Crippen LogP contribution is 2.18. The molecule has 1 atom stereocenters. The van der Waals surface area contributed by atoms with Crippen molar-refractivity contribution in [2.24, 2.45) is 5.73 Å². The van der Waals surface area contributed by atoms with Crippen molar-refractivity contribution >= 4 is 5.78 Å². The van der Waals surface area contributed by atoms with Gasteiger partial charge in [-0.05, 0) is 59.5 Å². The van der Waals surface area contributed by atoms with Crippen molar-refractivity contribution in [2.75, 3.05) is 0 Å². The van der Waals surface area contributed by atoms with Crippen LogP contribution in [0.1, 0.15) is 27.0 Å². The van der Waals surface area contributed by atoms with Crippen molar-refractivity contribution in [2.45, 2.75) is 25.7 Å². The molecule has 0 spiro atoms. The van der Waals surface area contributed by atoms with E-state index >= 15 is 0 Å². The van der Waals surface area contributed by atoms with Gasteiger partial charge in [-0.25, -0.2) is 0 Å². The van der Waals surface area contributed by atoms with Crippen molar-refractivity contribution in [3.8, 4) is 11.5 Å². The third kappa shape index (κ3) is 6.55. The Kier molecular flexibility index (Phi) is 7.52. The van der Waals surface area contributed by atoms with Crippen molar-refractivity contribution in [3.05, 3.63) is 131 Å². The first kappa shape index (κ1) is 22.3. The summed E-state index contributed by atoms with van der Waals surface area (Å²) in [5.74, 6) is 1.41. The highest BCUT2D eigenvalue weighted by molar-refractivity contribution is 6.00. The number of nitrogens with two attached hydrogens (primary N) is 1. The third-order valence-electron chi connectivity index (χ3n) is 5.35. The largest absolute Gasteiger partial charge is 0.489 e. The summed E-state index contributed by atoms with van der Waals surface area (Å²) in [7, 11) is 0. The van der Waals surface area contributed by atoms with E-state index in [2.05, 4.69) is 0 Å². The number of carbonyl (C=O) groups excluding carboxylic acids is 1. The Hall–Kier alpha value is -3.89. The summed E-state index contributed by atoms with van der Waals surface area (Å²) >= 11 is 0. The minimum atomic E-state index is -0.614. The first-order valence-electron chi connectivity index (χ1n) is 11.0. The van der Waals surface area contributed by atoms with E-state index in [1.165, 1.54) is 0 Å². The number of Topliss-reactive ketones (excluding diaryl/α,β-unsaturated/α-hetero) is 1. The summed E-state index contributed by atoms with van der Waals surface area (Å²) in [6, 6.07) is 34.2. The maximum Gasteiger partial charge on any atom is 0.179 e. The van der Waals surface area contributed by atoms with Crippen molar-refractivity contribution in [1.82, 2.24) is 0 Å². The molecule has 0 amide bonds. The van der Waals surface area contributed by atoms with Gasteiger partial charge in [-0.15, -0.1) is 0 Å². The van der Waals surface area contributed by atoms with Crippen LogP contribution in [0.2, 0.25) is 0 Å². The Labute approximate surface area is 194 Å². The van der Waals surface area contributed by atoms with Crippen molar-refractivity contribution in [3.63, 3.8) is 0 Å². The molecule has 4 rings (SSSR count). The zero-order chi connectivity index (χ0) is 22.9. The number of hydrogen-bond acceptors (Lipinski definition) is 4. The van der Waals surface area contributed by atoms with E-state index in [9.17, 15) is 4.79 Å². The van der Waals surface area contributed by atoms with Crippen LogP contribution in [-0.4, -0.2) is 11.8 Å². The molecule has 0 fully saturated rings. The predicted octanol–water partition coefficient (Wildman–Crippen LogP) is 5.60. The van der Waals surface area contributed by atoms with E-state index in [0.29, 0.717) is 25.2 Å². The van der Waals surface area contributed by atoms with Crippen LogP contribution in [0.25, 0.3) is 0 Å². The van der Waals surface area contributed by atoms with Gasteiger partial charge in [0.1, 0.15) is 24.7 Å². The molecule has 4 aromatic carbocycles. The van der Waals surface area contributed by atoms with E-state index in [1.807, 2.05) is 97.1 Å². The van der Waals surface area contributed by atoms with Gasteiger partial charge in [0.15, 0.2) is 5.78 Å². The van der Waals surface area contributed by atoms with Crippen molar-refractivity contribution < 1.29 is 14.3 Å². The van der Waals surface area contributed by atoms with Gasteiger partial charge in [-0.1, -0.05) is 72.8 Å². The number of benzene rings is 4. The fourth-order valence-electron chi connectivity index (χ4n) is 3.48. The van der Waals surface area contributed by atoms with E-state index in [1.54, 1.807) is 12.1 Å². The molecular formula is C29H27NO3. The van der Waals surface area contributed by atoms with Crippen LogP contribution in [0, 0.1) is 0 Å². The molecule has 0 bridgehead atoms. The second-order valence-corrected chi connectivity index (χ2v) is 7.89. The van der Waals surface area contributed by atoms with Crippen LogP contribution in [-0.2, 0) is 19.6 Å². The molecule has 1 unspecified atom stereocenters. The van der Waals surface area contributed by atoms with Crippen molar-refractivity contribution in [1.29, 1.82) is 0 Å². The quantitative estimate of drug-likeness (QED) is 0.328. The maximum absolute atomic E-state index is 12.8. The van der Waals surface area contributed by atoms with Gasteiger partial charge in [0.25, 0.3) is 0 Å². The molecule has 4 heteroatoms. The number of carbonyl (C=O) groups is 1. The van der Waals surface area contributed by atoms with Crippen LogP contribution in [0.5, 0.6) is 11.5 Å². The fourth-order valence-corrected chi connectivity index (χ4v) is 3.48. The Morgan fingerprint density at radius 3 is 1.55 bits per heavy atom. The predicted molar refractivity (Wildman–Crippen MR) is 130 cm³/mol. The second-order valence-electron chi connectivity index (χ2n) is 7.89.